The lowest BCUT2D eigenvalue weighted by Crippen LogP contribution is -2.20. The third-order valence-corrected chi connectivity index (χ3v) is 10.4. The maximum atomic E-state index is 2.43. The predicted octanol–water partition coefficient (Wildman–Crippen LogP) is 4.53. The molecule has 0 saturated carbocycles. The summed E-state index contributed by atoms with van der Waals surface area (Å²) in [6.45, 7) is 0. The highest BCUT2D eigenvalue weighted by Gasteiger charge is 2.19. The summed E-state index contributed by atoms with van der Waals surface area (Å²) >= 11 is 0. The van der Waals surface area contributed by atoms with Gasteiger partial charge in [-0.2, -0.15) is 0 Å². The Hall–Kier alpha value is -3.47. The minimum absolute atomic E-state index is 0.804. The van der Waals surface area contributed by atoms with E-state index in [1.165, 1.54) is 65.3 Å². The maximum Gasteiger partial charge on any atom is 0.123 e. The first kappa shape index (κ1) is 21.8. The highest BCUT2D eigenvalue weighted by Crippen LogP contribution is 2.23. The van der Waals surface area contributed by atoms with Crippen molar-refractivity contribution in [1.29, 1.82) is 0 Å². The minimum Gasteiger partial charge on any atom is -0.0625 e. The van der Waals surface area contributed by atoms with E-state index in [1.807, 2.05) is 0 Å². The molecule has 5 aromatic rings. The van der Waals surface area contributed by atoms with Crippen LogP contribution in [0.15, 0.2) is 109 Å². The van der Waals surface area contributed by atoms with Crippen molar-refractivity contribution in [3.8, 4) is 22.3 Å². The van der Waals surface area contributed by atoms with E-state index in [9.17, 15) is 0 Å². The second-order valence-corrected chi connectivity index (χ2v) is 12.6. The molecule has 0 fully saturated rings. The van der Waals surface area contributed by atoms with Gasteiger partial charge in [-0.15, -0.1) is 0 Å². The van der Waals surface area contributed by atoms with Gasteiger partial charge in [0.1, 0.15) is 19.0 Å². The Bertz CT molecular complexity index is 1460. The van der Waals surface area contributed by atoms with Crippen molar-refractivity contribution in [3.63, 3.8) is 0 Å². The quantitative estimate of drug-likeness (QED) is 0.301. The minimum atomic E-state index is 0.804. The molecule has 0 unspecified atom stereocenters. The van der Waals surface area contributed by atoms with Crippen LogP contribution in [0.25, 0.3) is 22.3 Å². The molecule has 0 spiro atoms. The largest absolute Gasteiger partial charge is 0.123 e. The first-order valence-electron chi connectivity index (χ1n) is 12.9. The smallest absolute Gasteiger partial charge is 0.0625 e. The zero-order valence-electron chi connectivity index (χ0n) is 20.2. The molecule has 4 radical (unpaired) electrons. The van der Waals surface area contributed by atoms with Gasteiger partial charge in [-0.25, -0.2) is 0 Å². The summed E-state index contributed by atoms with van der Waals surface area (Å²) in [4.78, 5) is 0. The molecule has 0 atom stereocenters. The monoisotopic (exact) mass is 490 g/mol. The second-order valence-electron chi connectivity index (χ2n) is 9.92. The van der Waals surface area contributed by atoms with Gasteiger partial charge in [0, 0.05) is 0 Å². The summed E-state index contributed by atoms with van der Waals surface area (Å²) in [5, 5.41) is 5.98. The Morgan fingerprint density at radius 2 is 0.694 bits per heavy atom. The van der Waals surface area contributed by atoms with Crippen LogP contribution in [0.4, 0.5) is 0 Å². The Kier molecular flexibility index (Phi) is 5.57. The summed E-state index contributed by atoms with van der Waals surface area (Å²) in [6.07, 6.45) is 4.37. The molecule has 0 saturated heterocycles. The Morgan fingerprint density at radius 1 is 0.333 bits per heavy atom. The number of hydrogen-bond donors (Lipinski definition) is 0. The second kappa shape index (κ2) is 9.20. The first-order chi connectivity index (χ1) is 17.8. The van der Waals surface area contributed by atoms with Crippen LogP contribution in [0.3, 0.4) is 0 Å². The SMILES string of the molecule is c1ccc2c(c1)[Si]c1ccc(CCc3ccc(CCc4ccc5c(c4)-c4ccccc4[Si]5)cc3)cc1-2. The molecule has 0 amide bonds. The summed E-state index contributed by atoms with van der Waals surface area (Å²) in [5.41, 5.74) is 11.5. The maximum absolute atomic E-state index is 2.43. The lowest BCUT2D eigenvalue weighted by molar-refractivity contribution is 0.941. The van der Waals surface area contributed by atoms with Crippen molar-refractivity contribution in [2.75, 3.05) is 0 Å². The lowest BCUT2D eigenvalue weighted by atomic mass is 9.97. The predicted molar refractivity (Wildman–Crippen MR) is 155 cm³/mol. The number of benzene rings is 5. The number of rotatable bonds is 6. The molecule has 2 aliphatic heterocycles. The van der Waals surface area contributed by atoms with Crippen LogP contribution in [0.2, 0.25) is 0 Å². The molecule has 7 rings (SSSR count). The van der Waals surface area contributed by atoms with Gasteiger partial charge in [0.15, 0.2) is 0 Å². The molecule has 0 aliphatic carbocycles. The summed E-state index contributed by atoms with van der Waals surface area (Å²) in [6, 6.07) is 41.3. The van der Waals surface area contributed by atoms with Crippen LogP contribution in [0.1, 0.15) is 22.3 Å². The average Bonchev–Trinajstić information content (AvgIpc) is 3.49. The molecule has 2 aliphatic rings. The van der Waals surface area contributed by atoms with E-state index in [0.717, 1.165) is 44.7 Å². The Morgan fingerprint density at radius 3 is 1.17 bits per heavy atom. The zero-order valence-corrected chi connectivity index (χ0v) is 22.2. The molecule has 0 bridgehead atoms. The van der Waals surface area contributed by atoms with E-state index in [0.29, 0.717) is 0 Å². The van der Waals surface area contributed by atoms with Gasteiger partial charge in [-0.3, -0.25) is 0 Å². The van der Waals surface area contributed by atoms with Crippen LogP contribution < -0.4 is 20.7 Å². The van der Waals surface area contributed by atoms with Gasteiger partial charge in [-0.1, -0.05) is 130 Å². The fourth-order valence-electron chi connectivity index (χ4n) is 5.55. The molecule has 0 N–H and O–H groups in total. The van der Waals surface area contributed by atoms with Crippen LogP contribution in [0, 0.1) is 0 Å². The van der Waals surface area contributed by atoms with E-state index in [2.05, 4.69) is 109 Å². The molecule has 0 nitrogen and oxygen atoms in total. The molecular weight excluding hydrogens is 465 g/mol. The van der Waals surface area contributed by atoms with Crippen molar-refractivity contribution in [2.24, 2.45) is 0 Å². The third kappa shape index (κ3) is 4.11. The topological polar surface area (TPSA) is 0 Å². The van der Waals surface area contributed by atoms with E-state index in [-0.39, 0.29) is 0 Å². The fraction of sp³-hybridized carbons (Fsp3) is 0.118. The van der Waals surface area contributed by atoms with Gasteiger partial charge in [0.05, 0.1) is 0 Å². The summed E-state index contributed by atoms with van der Waals surface area (Å²) < 4.78 is 0. The van der Waals surface area contributed by atoms with Crippen LogP contribution in [0.5, 0.6) is 0 Å². The van der Waals surface area contributed by atoms with Gasteiger partial charge >= 0.3 is 0 Å². The van der Waals surface area contributed by atoms with Crippen molar-refractivity contribution in [3.05, 3.63) is 131 Å². The molecule has 0 aromatic heterocycles. The van der Waals surface area contributed by atoms with E-state index in [1.54, 1.807) is 0 Å². The molecule has 2 heteroatoms. The number of aryl methyl sites for hydroxylation is 4. The Balaban J connectivity index is 0.985. The molecule has 36 heavy (non-hydrogen) atoms. The van der Waals surface area contributed by atoms with E-state index in [4.69, 9.17) is 0 Å². The van der Waals surface area contributed by atoms with Gasteiger partial charge < -0.3 is 0 Å². The number of fused-ring (bicyclic) bond motifs is 6. The highest BCUT2D eigenvalue weighted by molar-refractivity contribution is 6.73. The third-order valence-electron chi connectivity index (χ3n) is 7.57. The highest BCUT2D eigenvalue weighted by atomic mass is 28.2. The first-order valence-corrected chi connectivity index (χ1v) is 14.9. The van der Waals surface area contributed by atoms with E-state index >= 15 is 0 Å². The van der Waals surface area contributed by atoms with Gasteiger partial charge in [-0.05, 0) is 70.2 Å². The molecular formula is C34H26Si2. The van der Waals surface area contributed by atoms with Gasteiger partial charge in [0.2, 0.25) is 0 Å². The van der Waals surface area contributed by atoms with Crippen LogP contribution in [-0.4, -0.2) is 19.0 Å². The summed E-state index contributed by atoms with van der Waals surface area (Å²) in [5.74, 6) is 0. The Labute approximate surface area is 218 Å². The van der Waals surface area contributed by atoms with E-state index < -0.39 is 0 Å². The van der Waals surface area contributed by atoms with Crippen molar-refractivity contribution < 1.29 is 0 Å². The molecule has 170 valence electrons. The normalized spacial score (nSPS) is 12.7. The standard InChI is InChI=1S/C34H26Si2/c1-3-7-31-27(5-1)29-21-25(17-19-33(29)35-31)15-13-23-9-11-24(12-10-23)14-16-26-18-20-34-30(22-26)28-6-2-4-8-32(28)36-34/h1-12,17-22H,13-16H2. The average molecular weight is 491 g/mol. The molecule has 5 aromatic carbocycles. The van der Waals surface area contributed by atoms with Gasteiger partial charge in [0.25, 0.3) is 0 Å². The van der Waals surface area contributed by atoms with Crippen molar-refractivity contribution in [2.45, 2.75) is 25.7 Å². The zero-order chi connectivity index (χ0) is 23.9. The number of hydrogen-bond acceptors (Lipinski definition) is 0. The summed E-state index contributed by atoms with van der Waals surface area (Å²) in [7, 11) is 1.61. The van der Waals surface area contributed by atoms with Crippen molar-refractivity contribution in [1.82, 2.24) is 0 Å². The lowest BCUT2D eigenvalue weighted by Gasteiger charge is -2.08. The van der Waals surface area contributed by atoms with Crippen molar-refractivity contribution >= 4 is 39.8 Å². The van der Waals surface area contributed by atoms with Crippen LogP contribution >= 0.6 is 0 Å². The van der Waals surface area contributed by atoms with Crippen LogP contribution in [-0.2, 0) is 25.7 Å². The molecule has 2 heterocycles. The fourth-order valence-corrected chi connectivity index (χ4v) is 8.21.